The molecular weight excluding hydrogens is 382 g/mol. The van der Waals surface area contributed by atoms with E-state index in [-0.39, 0.29) is 5.91 Å². The van der Waals surface area contributed by atoms with E-state index >= 15 is 0 Å². The summed E-state index contributed by atoms with van der Waals surface area (Å²) in [4.78, 5) is 17.3. The number of rotatable bonds is 6. The highest BCUT2D eigenvalue weighted by Gasteiger charge is 2.17. The van der Waals surface area contributed by atoms with Crippen LogP contribution in [-0.4, -0.2) is 21.4 Å². The van der Waals surface area contributed by atoms with E-state index in [1.54, 1.807) is 6.08 Å². The summed E-state index contributed by atoms with van der Waals surface area (Å²) in [5, 5.41) is 5.23. The summed E-state index contributed by atoms with van der Waals surface area (Å²) < 4.78 is 7.98. The van der Waals surface area contributed by atoms with Gasteiger partial charge in [-0.15, -0.1) is 11.3 Å². The molecule has 3 aromatic rings. The van der Waals surface area contributed by atoms with Gasteiger partial charge in [0.1, 0.15) is 5.75 Å². The quantitative estimate of drug-likeness (QED) is 0.609. The van der Waals surface area contributed by atoms with Crippen molar-refractivity contribution in [2.45, 2.75) is 38.3 Å². The second-order valence-electron chi connectivity index (χ2n) is 6.53. The lowest BCUT2D eigenvalue weighted by Gasteiger charge is -2.16. The highest BCUT2D eigenvalue weighted by atomic mass is 35.5. The molecule has 5 nitrogen and oxygen atoms in total. The minimum atomic E-state index is -0.188. The molecule has 1 fully saturated rings. The summed E-state index contributed by atoms with van der Waals surface area (Å²) >= 11 is 7.64. The van der Waals surface area contributed by atoms with Crippen LogP contribution in [0.25, 0.3) is 11.0 Å². The van der Waals surface area contributed by atoms with Crippen molar-refractivity contribution in [3.05, 3.63) is 58.3 Å². The number of amides is 1. The van der Waals surface area contributed by atoms with Crippen LogP contribution in [-0.2, 0) is 11.3 Å². The van der Waals surface area contributed by atoms with Crippen LogP contribution in [0.4, 0.5) is 0 Å². The lowest BCUT2D eigenvalue weighted by Crippen LogP contribution is -2.21. The van der Waals surface area contributed by atoms with E-state index in [9.17, 15) is 4.79 Å². The predicted molar refractivity (Wildman–Crippen MR) is 108 cm³/mol. The molecule has 0 aliphatic heterocycles. The number of fused-ring (bicyclic) bond motifs is 1. The van der Waals surface area contributed by atoms with Gasteiger partial charge >= 0.3 is 0 Å². The number of para-hydroxylation sites is 1. The van der Waals surface area contributed by atoms with Crippen LogP contribution in [0.3, 0.4) is 0 Å². The fourth-order valence-corrected chi connectivity index (χ4v) is 4.28. The molecule has 1 N–H and O–H groups in total. The van der Waals surface area contributed by atoms with Crippen LogP contribution in [0.1, 0.15) is 36.9 Å². The molecular formula is C20H20ClN3O2S. The highest BCUT2D eigenvalue weighted by molar-refractivity contribution is 7.15. The van der Waals surface area contributed by atoms with Gasteiger partial charge in [0.2, 0.25) is 5.91 Å². The molecule has 0 atom stereocenters. The molecule has 0 bridgehead atoms. The van der Waals surface area contributed by atoms with Gasteiger partial charge in [-0.05, 0) is 37.8 Å². The first-order chi connectivity index (χ1) is 13.2. The Labute approximate surface area is 166 Å². The third-order valence-corrected chi connectivity index (χ3v) is 5.70. The lowest BCUT2D eigenvalue weighted by molar-refractivity contribution is -0.116. The normalized spacial score (nSPS) is 15.0. The van der Waals surface area contributed by atoms with Crippen molar-refractivity contribution in [2.24, 2.45) is 0 Å². The SMILES string of the molecule is O=C(/C=C/c1c(Cl)nc2sccn12)NCc1ccccc1OC1CCCC1. The van der Waals surface area contributed by atoms with Crippen molar-refractivity contribution in [3.8, 4) is 5.75 Å². The van der Waals surface area contributed by atoms with Crippen LogP contribution >= 0.6 is 22.9 Å². The number of nitrogens with one attached hydrogen (secondary N) is 1. The van der Waals surface area contributed by atoms with Crippen LogP contribution in [0.2, 0.25) is 5.15 Å². The molecule has 1 aliphatic carbocycles. The standard InChI is InChI=1S/C20H20ClN3O2S/c21-19-16(24-11-12-27-20(24)23-19)9-10-18(25)22-13-14-5-1-4-8-17(14)26-15-6-2-3-7-15/h1,4-5,8-12,15H,2-3,6-7,13H2,(H,22,25)/b10-9+. The molecule has 27 heavy (non-hydrogen) atoms. The van der Waals surface area contributed by atoms with Gasteiger partial charge in [-0.3, -0.25) is 9.20 Å². The van der Waals surface area contributed by atoms with E-state index in [0.29, 0.717) is 23.5 Å². The molecule has 1 saturated carbocycles. The molecule has 0 saturated heterocycles. The number of aromatic nitrogens is 2. The second-order valence-corrected chi connectivity index (χ2v) is 7.76. The zero-order valence-corrected chi connectivity index (χ0v) is 16.3. The maximum Gasteiger partial charge on any atom is 0.244 e. The Kier molecular flexibility index (Phi) is 5.45. The van der Waals surface area contributed by atoms with Crippen LogP contribution < -0.4 is 10.1 Å². The van der Waals surface area contributed by atoms with Crippen molar-refractivity contribution in [1.82, 2.24) is 14.7 Å². The Morgan fingerprint density at radius 1 is 1.37 bits per heavy atom. The number of benzene rings is 1. The van der Waals surface area contributed by atoms with Gasteiger partial charge < -0.3 is 10.1 Å². The maximum absolute atomic E-state index is 12.2. The van der Waals surface area contributed by atoms with Gasteiger partial charge in [-0.2, -0.15) is 0 Å². The third kappa shape index (κ3) is 4.17. The van der Waals surface area contributed by atoms with Gasteiger partial charge in [-0.1, -0.05) is 29.8 Å². The van der Waals surface area contributed by atoms with E-state index in [1.807, 2.05) is 40.2 Å². The Bertz CT molecular complexity index is 973. The van der Waals surface area contributed by atoms with Gasteiger partial charge in [0.25, 0.3) is 0 Å². The molecule has 0 unspecified atom stereocenters. The first-order valence-electron chi connectivity index (χ1n) is 9.02. The fraction of sp³-hybridized carbons (Fsp3) is 0.300. The molecule has 1 amide bonds. The Balaban J connectivity index is 1.39. The minimum Gasteiger partial charge on any atom is -0.490 e. The van der Waals surface area contributed by atoms with Crippen molar-refractivity contribution in [1.29, 1.82) is 0 Å². The molecule has 4 rings (SSSR count). The molecule has 140 valence electrons. The van der Waals surface area contributed by atoms with Gasteiger partial charge in [0.05, 0.1) is 11.8 Å². The number of thiazole rings is 1. The van der Waals surface area contributed by atoms with Crippen molar-refractivity contribution < 1.29 is 9.53 Å². The van der Waals surface area contributed by atoms with E-state index in [1.165, 1.54) is 30.3 Å². The Morgan fingerprint density at radius 2 is 2.19 bits per heavy atom. The summed E-state index contributed by atoms with van der Waals surface area (Å²) in [5.41, 5.74) is 1.68. The summed E-state index contributed by atoms with van der Waals surface area (Å²) in [7, 11) is 0. The van der Waals surface area contributed by atoms with E-state index in [0.717, 1.165) is 29.1 Å². The van der Waals surface area contributed by atoms with Crippen molar-refractivity contribution in [3.63, 3.8) is 0 Å². The van der Waals surface area contributed by atoms with Crippen LogP contribution in [0.5, 0.6) is 5.75 Å². The van der Waals surface area contributed by atoms with Gasteiger partial charge in [-0.25, -0.2) is 4.98 Å². The molecule has 7 heteroatoms. The number of carbonyl (C=O) groups is 1. The smallest absolute Gasteiger partial charge is 0.244 e. The maximum atomic E-state index is 12.2. The van der Waals surface area contributed by atoms with Gasteiger partial charge in [0, 0.05) is 29.8 Å². The van der Waals surface area contributed by atoms with Gasteiger partial charge in [0.15, 0.2) is 10.1 Å². The average Bonchev–Trinajstić information content (AvgIpc) is 3.38. The highest BCUT2D eigenvalue weighted by Crippen LogP contribution is 2.26. The van der Waals surface area contributed by atoms with Crippen molar-refractivity contribution in [2.75, 3.05) is 0 Å². The molecule has 2 heterocycles. The number of imidazole rings is 1. The fourth-order valence-electron chi connectivity index (χ4n) is 3.27. The molecule has 1 aromatic carbocycles. The Morgan fingerprint density at radius 3 is 3.04 bits per heavy atom. The summed E-state index contributed by atoms with van der Waals surface area (Å²) in [6, 6.07) is 7.87. The molecule has 1 aliphatic rings. The largest absolute Gasteiger partial charge is 0.490 e. The lowest BCUT2D eigenvalue weighted by atomic mass is 10.2. The first kappa shape index (κ1) is 18.1. The topological polar surface area (TPSA) is 55.6 Å². The summed E-state index contributed by atoms with van der Waals surface area (Å²) in [6.07, 6.45) is 10.00. The van der Waals surface area contributed by atoms with E-state index < -0.39 is 0 Å². The molecule has 2 aromatic heterocycles. The number of halogens is 1. The number of hydrogen-bond acceptors (Lipinski definition) is 4. The second kappa shape index (κ2) is 8.15. The summed E-state index contributed by atoms with van der Waals surface area (Å²) in [5.74, 6) is 0.666. The van der Waals surface area contributed by atoms with Crippen LogP contribution in [0.15, 0.2) is 41.9 Å². The van der Waals surface area contributed by atoms with E-state index in [2.05, 4.69) is 10.3 Å². The number of hydrogen-bond donors (Lipinski definition) is 1. The predicted octanol–water partition coefficient (Wildman–Crippen LogP) is 4.70. The molecule has 0 radical (unpaired) electrons. The van der Waals surface area contributed by atoms with E-state index in [4.69, 9.17) is 16.3 Å². The van der Waals surface area contributed by atoms with Crippen LogP contribution in [0, 0.1) is 0 Å². The number of ether oxygens (including phenoxy) is 1. The molecule has 0 spiro atoms. The number of carbonyl (C=O) groups excluding carboxylic acids is 1. The zero-order chi connectivity index (χ0) is 18.6. The third-order valence-electron chi connectivity index (χ3n) is 4.67. The summed E-state index contributed by atoms with van der Waals surface area (Å²) in [6.45, 7) is 0.417. The monoisotopic (exact) mass is 401 g/mol. The van der Waals surface area contributed by atoms with Crippen molar-refractivity contribution >= 4 is 39.9 Å². The zero-order valence-electron chi connectivity index (χ0n) is 14.7. The Hall–Kier alpha value is -2.31. The average molecular weight is 402 g/mol. The minimum absolute atomic E-state index is 0.188. The first-order valence-corrected chi connectivity index (χ1v) is 10.3. The number of nitrogens with zero attached hydrogens (tertiary/aromatic N) is 2.